The van der Waals surface area contributed by atoms with Crippen LogP contribution in [-0.2, 0) is 11.2 Å². The second-order valence-electron chi connectivity index (χ2n) is 5.41. The number of rotatable bonds is 5. The lowest BCUT2D eigenvalue weighted by atomic mass is 10.2. The van der Waals surface area contributed by atoms with Gasteiger partial charge in [-0.1, -0.05) is 0 Å². The Kier molecular flexibility index (Phi) is 4.87. The molecule has 0 bridgehead atoms. The van der Waals surface area contributed by atoms with Gasteiger partial charge in [0.05, 0.1) is 27.7 Å². The summed E-state index contributed by atoms with van der Waals surface area (Å²) in [6.45, 7) is 3.12. The van der Waals surface area contributed by atoms with Crippen LogP contribution >= 0.6 is 22.7 Å². The van der Waals surface area contributed by atoms with Gasteiger partial charge in [0.15, 0.2) is 0 Å². The molecule has 1 aliphatic heterocycles. The molecule has 3 rings (SSSR count). The van der Waals surface area contributed by atoms with Gasteiger partial charge < -0.3 is 15.7 Å². The maximum Gasteiger partial charge on any atom is 0.237 e. The number of amides is 1. The van der Waals surface area contributed by atoms with Crippen LogP contribution in [0.3, 0.4) is 0 Å². The number of aryl methyl sites for hydroxylation is 1. The summed E-state index contributed by atoms with van der Waals surface area (Å²) in [6.07, 6.45) is 0.907. The van der Waals surface area contributed by atoms with Crippen LogP contribution in [0, 0.1) is 6.92 Å². The van der Waals surface area contributed by atoms with Crippen molar-refractivity contribution in [2.75, 3.05) is 13.1 Å². The lowest BCUT2D eigenvalue weighted by Crippen LogP contribution is -2.41. The Labute approximate surface area is 137 Å². The predicted molar refractivity (Wildman–Crippen MR) is 89.3 cm³/mol. The van der Waals surface area contributed by atoms with E-state index >= 15 is 0 Å². The van der Waals surface area contributed by atoms with E-state index < -0.39 is 6.10 Å². The summed E-state index contributed by atoms with van der Waals surface area (Å²) in [5.41, 5.74) is 1.03. The van der Waals surface area contributed by atoms with Crippen LogP contribution in [0.25, 0.3) is 10.6 Å². The first-order valence-corrected chi connectivity index (χ1v) is 9.02. The molecule has 0 radical (unpaired) electrons. The van der Waals surface area contributed by atoms with Crippen molar-refractivity contribution in [2.45, 2.75) is 31.9 Å². The summed E-state index contributed by atoms with van der Waals surface area (Å²) in [5, 5.41) is 18.5. The summed E-state index contributed by atoms with van der Waals surface area (Å²) in [6, 6.07) is 3.93. The van der Waals surface area contributed by atoms with Crippen LogP contribution in [0.2, 0.25) is 0 Å². The fourth-order valence-electron chi connectivity index (χ4n) is 2.48. The van der Waals surface area contributed by atoms with Crippen LogP contribution in [0.4, 0.5) is 0 Å². The van der Waals surface area contributed by atoms with Crippen molar-refractivity contribution in [1.29, 1.82) is 0 Å². The second kappa shape index (κ2) is 6.87. The minimum absolute atomic E-state index is 0.0246. The Hall–Kier alpha value is -1.28. The molecule has 22 heavy (non-hydrogen) atoms. The van der Waals surface area contributed by atoms with Gasteiger partial charge in [-0.25, -0.2) is 4.98 Å². The summed E-state index contributed by atoms with van der Waals surface area (Å²) >= 11 is 3.38. The molecule has 2 aromatic heterocycles. The number of thiophene rings is 1. The number of aliphatic hydroxyl groups excluding tert-OH is 1. The van der Waals surface area contributed by atoms with Gasteiger partial charge in [-0.2, -0.15) is 0 Å². The van der Waals surface area contributed by atoms with Gasteiger partial charge in [-0.15, -0.1) is 22.7 Å². The zero-order chi connectivity index (χ0) is 15.5. The number of thiazole rings is 1. The first-order valence-electron chi connectivity index (χ1n) is 7.32. The first kappa shape index (κ1) is 15.6. The van der Waals surface area contributed by atoms with E-state index in [2.05, 4.69) is 33.1 Å². The number of aromatic nitrogens is 1. The van der Waals surface area contributed by atoms with E-state index in [-0.39, 0.29) is 11.9 Å². The zero-order valence-electron chi connectivity index (χ0n) is 12.3. The Morgan fingerprint density at radius 1 is 1.55 bits per heavy atom. The lowest BCUT2D eigenvalue weighted by Gasteiger charge is -2.10. The molecule has 0 aliphatic carbocycles. The number of carbonyl (C=O) groups excluding carboxylic acids is 1. The molecule has 3 N–H and O–H groups in total. The van der Waals surface area contributed by atoms with Gasteiger partial charge >= 0.3 is 0 Å². The van der Waals surface area contributed by atoms with Gasteiger partial charge in [0.2, 0.25) is 5.91 Å². The van der Waals surface area contributed by atoms with E-state index in [4.69, 9.17) is 0 Å². The Morgan fingerprint density at radius 2 is 2.41 bits per heavy atom. The minimum Gasteiger partial charge on any atom is -0.392 e. The minimum atomic E-state index is -0.405. The SMILES string of the molecule is Cc1nc(-c2ccc(CCNC(=O)[C@H]3C[C@H](O)CN3)s2)cs1. The van der Waals surface area contributed by atoms with Crippen molar-refractivity contribution < 1.29 is 9.90 Å². The molecule has 7 heteroatoms. The highest BCUT2D eigenvalue weighted by Crippen LogP contribution is 2.29. The number of hydrogen-bond donors (Lipinski definition) is 3. The third-order valence-electron chi connectivity index (χ3n) is 3.63. The molecule has 1 saturated heterocycles. The number of nitrogens with one attached hydrogen (secondary N) is 2. The quantitative estimate of drug-likeness (QED) is 0.774. The Morgan fingerprint density at radius 3 is 3.09 bits per heavy atom. The van der Waals surface area contributed by atoms with Crippen molar-refractivity contribution in [3.05, 3.63) is 27.4 Å². The Bertz CT molecular complexity index is 653. The van der Waals surface area contributed by atoms with Gasteiger partial charge in [-0.3, -0.25) is 4.79 Å². The molecule has 5 nitrogen and oxygen atoms in total. The van der Waals surface area contributed by atoms with Crippen LogP contribution in [0.1, 0.15) is 16.3 Å². The maximum absolute atomic E-state index is 11.9. The standard InChI is InChI=1S/C15H19N3O2S2/c1-9-18-13(8-21-9)14-3-2-11(22-14)4-5-16-15(20)12-6-10(19)7-17-12/h2-3,8,10,12,17,19H,4-7H2,1H3,(H,16,20)/t10-,12+/m0/s1. The Balaban J connectivity index is 1.48. The zero-order valence-corrected chi connectivity index (χ0v) is 14.0. The molecule has 1 amide bonds. The third kappa shape index (κ3) is 3.73. The highest BCUT2D eigenvalue weighted by molar-refractivity contribution is 7.16. The van der Waals surface area contributed by atoms with E-state index in [1.807, 2.05) is 6.92 Å². The monoisotopic (exact) mass is 337 g/mol. The molecule has 0 spiro atoms. The molecule has 1 aliphatic rings. The van der Waals surface area contributed by atoms with Gasteiger partial charge in [0.1, 0.15) is 0 Å². The average Bonchev–Trinajstić information content (AvgIpc) is 3.19. The van der Waals surface area contributed by atoms with Gasteiger partial charge in [0, 0.05) is 23.3 Å². The van der Waals surface area contributed by atoms with Crippen LogP contribution < -0.4 is 10.6 Å². The average molecular weight is 337 g/mol. The maximum atomic E-state index is 11.9. The number of hydrogen-bond acceptors (Lipinski definition) is 6. The summed E-state index contributed by atoms with van der Waals surface area (Å²) in [4.78, 5) is 18.8. The number of β-amino-alcohol motifs (C(OH)–C–C–N with tert-alkyl or cyclic N) is 1. The molecule has 118 valence electrons. The third-order valence-corrected chi connectivity index (χ3v) is 5.57. The largest absolute Gasteiger partial charge is 0.392 e. The summed E-state index contributed by atoms with van der Waals surface area (Å²) in [7, 11) is 0. The highest BCUT2D eigenvalue weighted by Gasteiger charge is 2.27. The number of nitrogens with zero attached hydrogens (tertiary/aromatic N) is 1. The smallest absolute Gasteiger partial charge is 0.237 e. The van der Waals surface area contributed by atoms with Crippen LogP contribution in [0.5, 0.6) is 0 Å². The predicted octanol–water partition coefficient (Wildman–Crippen LogP) is 1.56. The van der Waals surface area contributed by atoms with Crippen molar-refractivity contribution in [1.82, 2.24) is 15.6 Å². The van der Waals surface area contributed by atoms with Crippen molar-refractivity contribution in [2.24, 2.45) is 0 Å². The van der Waals surface area contributed by atoms with Crippen LogP contribution in [-0.4, -0.2) is 41.2 Å². The second-order valence-corrected chi connectivity index (χ2v) is 7.64. The molecule has 2 aromatic rings. The highest BCUT2D eigenvalue weighted by atomic mass is 32.1. The molecular weight excluding hydrogens is 318 g/mol. The summed E-state index contributed by atoms with van der Waals surface area (Å²) < 4.78 is 0. The van der Waals surface area contributed by atoms with E-state index in [0.717, 1.165) is 17.1 Å². The van der Waals surface area contributed by atoms with E-state index in [1.165, 1.54) is 9.75 Å². The normalized spacial score (nSPS) is 21.2. The van der Waals surface area contributed by atoms with Crippen molar-refractivity contribution >= 4 is 28.6 Å². The number of aliphatic hydroxyl groups is 1. The summed E-state index contributed by atoms with van der Waals surface area (Å²) in [5.74, 6) is -0.0246. The first-order chi connectivity index (χ1) is 10.6. The topological polar surface area (TPSA) is 74.2 Å². The molecule has 0 aromatic carbocycles. The van der Waals surface area contributed by atoms with Gasteiger partial charge in [0.25, 0.3) is 0 Å². The van der Waals surface area contributed by atoms with Crippen LogP contribution in [0.15, 0.2) is 17.5 Å². The van der Waals surface area contributed by atoms with E-state index in [0.29, 0.717) is 19.5 Å². The lowest BCUT2D eigenvalue weighted by molar-refractivity contribution is -0.122. The van der Waals surface area contributed by atoms with Crippen molar-refractivity contribution in [3.63, 3.8) is 0 Å². The molecular formula is C15H19N3O2S2. The van der Waals surface area contributed by atoms with Gasteiger partial charge in [-0.05, 0) is 31.9 Å². The molecule has 0 unspecified atom stereocenters. The number of carbonyl (C=O) groups is 1. The molecule has 3 heterocycles. The fourth-order valence-corrected chi connectivity index (χ4v) is 4.13. The molecule has 2 atom stereocenters. The molecule has 1 fully saturated rings. The van der Waals surface area contributed by atoms with E-state index in [1.54, 1.807) is 22.7 Å². The van der Waals surface area contributed by atoms with E-state index in [9.17, 15) is 9.90 Å². The molecule has 0 saturated carbocycles. The van der Waals surface area contributed by atoms with Crippen molar-refractivity contribution in [3.8, 4) is 10.6 Å². The fraction of sp³-hybridized carbons (Fsp3) is 0.467.